The van der Waals surface area contributed by atoms with Gasteiger partial charge in [0.05, 0.1) is 17.6 Å². The van der Waals surface area contributed by atoms with Gasteiger partial charge in [0.15, 0.2) is 9.84 Å². The van der Waals surface area contributed by atoms with Crippen LogP contribution in [0.5, 0.6) is 0 Å². The van der Waals surface area contributed by atoms with E-state index in [2.05, 4.69) is 5.32 Å². The summed E-state index contributed by atoms with van der Waals surface area (Å²) < 4.78 is 22.7. The molecule has 0 aliphatic carbocycles. The van der Waals surface area contributed by atoms with Gasteiger partial charge in [-0.3, -0.25) is 4.79 Å². The van der Waals surface area contributed by atoms with Crippen molar-refractivity contribution in [2.45, 2.75) is 32.7 Å². The average Bonchev–Trinajstić information content (AvgIpc) is 2.16. The van der Waals surface area contributed by atoms with Gasteiger partial charge in [0.1, 0.15) is 5.41 Å². The second kappa shape index (κ2) is 4.42. The molecule has 1 aliphatic rings. The Morgan fingerprint density at radius 2 is 2.12 bits per heavy atom. The van der Waals surface area contributed by atoms with E-state index in [1.54, 1.807) is 0 Å². The van der Waals surface area contributed by atoms with E-state index in [1.165, 1.54) is 13.8 Å². The summed E-state index contributed by atoms with van der Waals surface area (Å²) in [5.41, 5.74) is -1.11. The number of hydrogen-bond acceptors (Lipinski definition) is 4. The molecule has 0 saturated carbocycles. The number of carbonyl (C=O) groups is 1. The molecule has 90 valence electrons. The molecule has 1 heterocycles. The summed E-state index contributed by atoms with van der Waals surface area (Å²) in [6.07, 6.45) is 1.23. The summed E-state index contributed by atoms with van der Waals surface area (Å²) in [5.74, 6) is -0.224. The molecule has 0 radical (unpaired) electrons. The number of rotatable bonds is 2. The van der Waals surface area contributed by atoms with Crippen molar-refractivity contribution in [1.29, 1.82) is 5.26 Å². The van der Waals surface area contributed by atoms with Gasteiger partial charge in [0, 0.05) is 6.04 Å². The van der Waals surface area contributed by atoms with Crippen LogP contribution in [-0.2, 0) is 14.6 Å². The molecule has 1 amide bonds. The highest BCUT2D eigenvalue weighted by molar-refractivity contribution is 7.91. The molecular formula is C10H16N2O3S. The molecule has 1 unspecified atom stereocenters. The lowest BCUT2D eigenvalue weighted by Gasteiger charge is -2.25. The summed E-state index contributed by atoms with van der Waals surface area (Å²) >= 11 is 0. The van der Waals surface area contributed by atoms with Gasteiger partial charge in [-0.25, -0.2) is 8.42 Å². The first kappa shape index (κ1) is 13.0. The molecule has 16 heavy (non-hydrogen) atoms. The van der Waals surface area contributed by atoms with Crippen LogP contribution in [0.1, 0.15) is 26.7 Å². The minimum Gasteiger partial charge on any atom is -0.351 e. The van der Waals surface area contributed by atoms with Crippen LogP contribution >= 0.6 is 0 Å². The van der Waals surface area contributed by atoms with Crippen molar-refractivity contribution in [2.24, 2.45) is 5.41 Å². The first-order valence-electron chi connectivity index (χ1n) is 5.19. The number of nitrogens with zero attached hydrogens (tertiary/aromatic N) is 1. The molecule has 0 spiro atoms. The largest absolute Gasteiger partial charge is 0.351 e. The first-order valence-corrected chi connectivity index (χ1v) is 7.01. The normalized spacial score (nSPS) is 24.4. The number of hydrogen-bond donors (Lipinski definition) is 1. The summed E-state index contributed by atoms with van der Waals surface area (Å²) in [6.45, 7) is 3.03. The summed E-state index contributed by atoms with van der Waals surface area (Å²) in [4.78, 5) is 11.6. The van der Waals surface area contributed by atoms with Crippen molar-refractivity contribution >= 4 is 15.7 Å². The Balaban J connectivity index is 2.63. The maximum Gasteiger partial charge on any atom is 0.240 e. The Kier molecular flexibility index (Phi) is 3.58. The number of nitriles is 1. The second-order valence-corrected chi connectivity index (χ2v) is 6.89. The molecule has 5 nitrogen and oxygen atoms in total. The lowest BCUT2D eigenvalue weighted by molar-refractivity contribution is -0.127. The fourth-order valence-electron chi connectivity index (χ4n) is 1.55. The van der Waals surface area contributed by atoms with Gasteiger partial charge in [-0.05, 0) is 26.7 Å². The third-order valence-corrected chi connectivity index (χ3v) is 4.47. The molecule has 0 aromatic carbocycles. The van der Waals surface area contributed by atoms with E-state index >= 15 is 0 Å². The summed E-state index contributed by atoms with van der Waals surface area (Å²) in [6, 6.07) is 1.54. The van der Waals surface area contributed by atoms with Crippen LogP contribution in [0.4, 0.5) is 0 Å². The molecule has 1 saturated heterocycles. The van der Waals surface area contributed by atoms with Crippen LogP contribution in [-0.4, -0.2) is 31.9 Å². The van der Waals surface area contributed by atoms with Crippen LogP contribution in [0.25, 0.3) is 0 Å². The van der Waals surface area contributed by atoms with E-state index in [0.717, 1.165) is 0 Å². The van der Waals surface area contributed by atoms with E-state index in [1.807, 2.05) is 6.07 Å². The second-order valence-electron chi connectivity index (χ2n) is 4.66. The van der Waals surface area contributed by atoms with E-state index in [0.29, 0.717) is 12.8 Å². The standard InChI is InChI=1S/C10H16N2O3S/c1-10(2,7-11)9(13)12-8-4-3-5-16(14,15)6-8/h8H,3-6H2,1-2H3,(H,12,13). The van der Waals surface area contributed by atoms with Crippen molar-refractivity contribution < 1.29 is 13.2 Å². The molecule has 6 heteroatoms. The number of carbonyl (C=O) groups excluding carboxylic acids is 1. The Labute approximate surface area is 95.7 Å². The molecule has 0 aromatic rings. The van der Waals surface area contributed by atoms with Crippen molar-refractivity contribution in [3.63, 3.8) is 0 Å². The molecule has 0 bridgehead atoms. The monoisotopic (exact) mass is 244 g/mol. The number of amides is 1. The zero-order chi connectivity index (χ0) is 12.4. The summed E-state index contributed by atoms with van der Waals surface area (Å²) in [5, 5.41) is 11.4. The highest BCUT2D eigenvalue weighted by Gasteiger charge is 2.32. The lowest BCUT2D eigenvalue weighted by atomic mass is 9.94. The molecule has 0 aromatic heterocycles. The van der Waals surface area contributed by atoms with Gasteiger partial charge in [-0.15, -0.1) is 0 Å². The SMILES string of the molecule is CC(C)(C#N)C(=O)NC1CCCS(=O)(=O)C1. The third kappa shape index (κ3) is 3.20. The van der Waals surface area contributed by atoms with E-state index in [4.69, 9.17) is 5.26 Å². The van der Waals surface area contributed by atoms with Gasteiger partial charge >= 0.3 is 0 Å². The van der Waals surface area contributed by atoms with Gasteiger partial charge in [-0.2, -0.15) is 5.26 Å². The van der Waals surface area contributed by atoms with E-state index < -0.39 is 21.2 Å². The third-order valence-electron chi connectivity index (χ3n) is 2.65. The minimum atomic E-state index is -3.03. The smallest absolute Gasteiger partial charge is 0.240 e. The average molecular weight is 244 g/mol. The molecule has 1 N–H and O–H groups in total. The maximum atomic E-state index is 11.6. The fourth-order valence-corrected chi connectivity index (χ4v) is 3.19. The van der Waals surface area contributed by atoms with Crippen molar-refractivity contribution in [2.75, 3.05) is 11.5 Å². The first-order chi connectivity index (χ1) is 7.27. The van der Waals surface area contributed by atoms with E-state index in [-0.39, 0.29) is 17.5 Å². The van der Waals surface area contributed by atoms with Gasteiger partial charge in [0.2, 0.25) is 5.91 Å². The lowest BCUT2D eigenvalue weighted by Crippen LogP contribution is -2.47. The van der Waals surface area contributed by atoms with Crippen LogP contribution < -0.4 is 5.32 Å². The van der Waals surface area contributed by atoms with Crippen LogP contribution in [0.2, 0.25) is 0 Å². The highest BCUT2D eigenvalue weighted by atomic mass is 32.2. The minimum absolute atomic E-state index is 0.0136. The Morgan fingerprint density at radius 3 is 2.62 bits per heavy atom. The molecule has 1 aliphatic heterocycles. The highest BCUT2D eigenvalue weighted by Crippen LogP contribution is 2.16. The van der Waals surface area contributed by atoms with Gasteiger partial charge < -0.3 is 5.32 Å². The maximum absolute atomic E-state index is 11.6. The predicted octanol–water partition coefficient (Wildman–Crippen LogP) is 0.230. The Hall–Kier alpha value is -1.09. The fraction of sp³-hybridized carbons (Fsp3) is 0.800. The zero-order valence-corrected chi connectivity index (χ0v) is 10.3. The van der Waals surface area contributed by atoms with Gasteiger partial charge in [0.25, 0.3) is 0 Å². The zero-order valence-electron chi connectivity index (χ0n) is 9.49. The van der Waals surface area contributed by atoms with Gasteiger partial charge in [-0.1, -0.05) is 0 Å². The number of nitrogens with one attached hydrogen (secondary N) is 1. The Morgan fingerprint density at radius 1 is 1.50 bits per heavy atom. The molecule has 1 atom stereocenters. The van der Waals surface area contributed by atoms with E-state index in [9.17, 15) is 13.2 Å². The Bertz CT molecular complexity index is 420. The summed E-state index contributed by atoms with van der Waals surface area (Å²) in [7, 11) is -3.03. The van der Waals surface area contributed by atoms with Crippen molar-refractivity contribution in [3.8, 4) is 6.07 Å². The quantitative estimate of drug-likeness (QED) is 0.753. The van der Waals surface area contributed by atoms with Crippen LogP contribution in [0, 0.1) is 16.7 Å². The van der Waals surface area contributed by atoms with Crippen LogP contribution in [0.3, 0.4) is 0 Å². The van der Waals surface area contributed by atoms with Crippen molar-refractivity contribution in [3.05, 3.63) is 0 Å². The van der Waals surface area contributed by atoms with Crippen molar-refractivity contribution in [1.82, 2.24) is 5.32 Å². The topological polar surface area (TPSA) is 87.0 Å². The molecular weight excluding hydrogens is 228 g/mol. The number of sulfone groups is 1. The molecule has 1 fully saturated rings. The molecule has 1 rings (SSSR count). The predicted molar refractivity (Wildman–Crippen MR) is 59.2 cm³/mol. The van der Waals surface area contributed by atoms with Crippen LogP contribution in [0.15, 0.2) is 0 Å².